The summed E-state index contributed by atoms with van der Waals surface area (Å²) in [4.78, 5) is 0.214. The maximum atomic E-state index is 12.4. The minimum absolute atomic E-state index is 0.214. The average molecular weight is 295 g/mol. The molecule has 4 N–H and O–H groups in total. The van der Waals surface area contributed by atoms with Crippen LogP contribution >= 0.6 is 0 Å². The van der Waals surface area contributed by atoms with E-state index in [4.69, 9.17) is 5.84 Å². The lowest BCUT2D eigenvalue weighted by Crippen LogP contribution is -2.32. The van der Waals surface area contributed by atoms with E-state index in [-0.39, 0.29) is 4.90 Å². The Balaban J connectivity index is 1.69. The van der Waals surface area contributed by atoms with Crippen LogP contribution in [0.3, 0.4) is 0 Å². The molecule has 2 aliphatic carbocycles. The topological polar surface area (TPSA) is 84.2 Å². The monoisotopic (exact) mass is 295 g/mol. The Bertz CT molecular complexity index is 588. The first kappa shape index (κ1) is 13.9. The smallest absolute Gasteiger partial charge is 0.242 e. The van der Waals surface area contributed by atoms with Crippen LogP contribution in [0.15, 0.2) is 29.2 Å². The fraction of sp³-hybridized carbons (Fsp3) is 0.571. The van der Waals surface area contributed by atoms with Gasteiger partial charge < -0.3 is 5.43 Å². The zero-order chi connectivity index (χ0) is 14.2. The molecule has 3 atom stereocenters. The Hall–Kier alpha value is -1.11. The number of hydrogen-bond donors (Lipinski definition) is 3. The molecule has 0 radical (unpaired) electrons. The lowest BCUT2D eigenvalue weighted by atomic mass is 9.89. The molecule has 6 heteroatoms. The molecule has 0 amide bonds. The Morgan fingerprint density at radius 1 is 1.20 bits per heavy atom. The van der Waals surface area contributed by atoms with Crippen LogP contribution < -0.4 is 16.0 Å². The summed E-state index contributed by atoms with van der Waals surface area (Å²) in [6, 6.07) is 6.68. The third-order valence-electron chi connectivity index (χ3n) is 4.75. The highest BCUT2D eigenvalue weighted by Crippen LogP contribution is 2.48. The van der Waals surface area contributed by atoms with Crippen molar-refractivity contribution in [2.75, 3.05) is 12.0 Å². The average Bonchev–Trinajstić information content (AvgIpc) is 3.07. The van der Waals surface area contributed by atoms with E-state index in [2.05, 4.69) is 10.1 Å². The minimum atomic E-state index is -3.50. The first-order chi connectivity index (χ1) is 9.60. The molecule has 2 fully saturated rings. The maximum Gasteiger partial charge on any atom is 0.242 e. The molecule has 3 rings (SSSR count). The van der Waals surface area contributed by atoms with E-state index < -0.39 is 10.0 Å². The van der Waals surface area contributed by atoms with Crippen molar-refractivity contribution in [1.82, 2.24) is 4.72 Å². The molecule has 20 heavy (non-hydrogen) atoms. The van der Waals surface area contributed by atoms with Gasteiger partial charge in [0.1, 0.15) is 4.90 Å². The molecule has 2 bridgehead atoms. The molecule has 1 aromatic carbocycles. The van der Waals surface area contributed by atoms with Crippen LogP contribution in [-0.4, -0.2) is 15.0 Å². The Kier molecular flexibility index (Phi) is 3.70. The van der Waals surface area contributed by atoms with E-state index in [0.717, 1.165) is 5.92 Å². The number of nitrogen functional groups attached to an aromatic ring is 1. The largest absolute Gasteiger partial charge is 0.323 e. The van der Waals surface area contributed by atoms with Crippen LogP contribution in [0, 0.1) is 17.8 Å². The van der Waals surface area contributed by atoms with Gasteiger partial charge in [-0.15, -0.1) is 0 Å². The van der Waals surface area contributed by atoms with Crippen LogP contribution in [0.25, 0.3) is 0 Å². The van der Waals surface area contributed by atoms with Gasteiger partial charge in [-0.05, 0) is 49.1 Å². The summed E-state index contributed by atoms with van der Waals surface area (Å²) in [7, 11) is -3.50. The van der Waals surface area contributed by atoms with Gasteiger partial charge in [-0.25, -0.2) is 13.1 Å². The molecule has 1 aromatic rings. The quantitative estimate of drug-likeness (QED) is 0.570. The predicted molar refractivity (Wildman–Crippen MR) is 78.4 cm³/mol. The summed E-state index contributed by atoms with van der Waals surface area (Å²) in [5, 5.41) is 0. The van der Waals surface area contributed by atoms with Gasteiger partial charge in [0.15, 0.2) is 0 Å². The normalized spacial score (nSPS) is 28.8. The van der Waals surface area contributed by atoms with Crippen LogP contribution in [0.5, 0.6) is 0 Å². The fourth-order valence-electron chi connectivity index (χ4n) is 3.74. The highest BCUT2D eigenvalue weighted by Gasteiger charge is 2.39. The van der Waals surface area contributed by atoms with Crippen molar-refractivity contribution in [2.45, 2.75) is 30.6 Å². The van der Waals surface area contributed by atoms with E-state index in [1.165, 1.54) is 25.7 Å². The number of para-hydroxylation sites is 1. The summed E-state index contributed by atoms with van der Waals surface area (Å²) in [6.07, 6.45) is 5.04. The highest BCUT2D eigenvalue weighted by molar-refractivity contribution is 7.89. The Labute approximate surface area is 120 Å². The van der Waals surface area contributed by atoms with E-state index in [0.29, 0.717) is 24.1 Å². The van der Waals surface area contributed by atoms with Crippen molar-refractivity contribution in [3.05, 3.63) is 24.3 Å². The van der Waals surface area contributed by atoms with Gasteiger partial charge in [0, 0.05) is 6.54 Å². The summed E-state index contributed by atoms with van der Waals surface area (Å²) in [5.41, 5.74) is 2.86. The van der Waals surface area contributed by atoms with Gasteiger partial charge in [-0.2, -0.15) is 0 Å². The van der Waals surface area contributed by atoms with Gasteiger partial charge in [-0.3, -0.25) is 5.84 Å². The van der Waals surface area contributed by atoms with Crippen molar-refractivity contribution >= 4 is 15.7 Å². The molecule has 5 nitrogen and oxygen atoms in total. The number of sulfonamides is 1. The zero-order valence-corrected chi connectivity index (χ0v) is 12.2. The number of nitrogens with one attached hydrogen (secondary N) is 2. The molecule has 2 saturated carbocycles. The Morgan fingerprint density at radius 2 is 2.00 bits per heavy atom. The SMILES string of the molecule is NNc1ccccc1S(=O)(=O)NCC1CC2CCC1C2. The molecular formula is C14H21N3O2S. The van der Waals surface area contributed by atoms with Crippen molar-refractivity contribution in [2.24, 2.45) is 23.6 Å². The maximum absolute atomic E-state index is 12.4. The fourth-order valence-corrected chi connectivity index (χ4v) is 5.00. The molecule has 0 aliphatic heterocycles. The molecule has 0 heterocycles. The molecule has 2 aliphatic rings. The number of hydrogen-bond acceptors (Lipinski definition) is 4. The second-order valence-electron chi connectivity index (χ2n) is 5.93. The summed E-state index contributed by atoms with van der Waals surface area (Å²) >= 11 is 0. The third kappa shape index (κ3) is 2.55. The lowest BCUT2D eigenvalue weighted by molar-refractivity contribution is 0.333. The first-order valence-electron chi connectivity index (χ1n) is 7.15. The second-order valence-corrected chi connectivity index (χ2v) is 7.66. The predicted octanol–water partition coefficient (Wildman–Crippen LogP) is 1.69. The number of rotatable bonds is 5. The van der Waals surface area contributed by atoms with Gasteiger partial charge in [0.2, 0.25) is 10.0 Å². The van der Waals surface area contributed by atoms with Crippen molar-refractivity contribution < 1.29 is 8.42 Å². The minimum Gasteiger partial charge on any atom is -0.323 e. The number of nitrogens with two attached hydrogens (primary N) is 1. The number of fused-ring (bicyclic) bond motifs is 2. The van der Waals surface area contributed by atoms with Gasteiger partial charge in [0.25, 0.3) is 0 Å². The summed E-state index contributed by atoms with van der Waals surface area (Å²) in [5.74, 6) is 7.41. The van der Waals surface area contributed by atoms with E-state index >= 15 is 0 Å². The van der Waals surface area contributed by atoms with Crippen LogP contribution in [0.1, 0.15) is 25.7 Å². The van der Waals surface area contributed by atoms with Gasteiger partial charge >= 0.3 is 0 Å². The van der Waals surface area contributed by atoms with E-state index in [1.54, 1.807) is 24.3 Å². The molecular weight excluding hydrogens is 274 g/mol. The van der Waals surface area contributed by atoms with Gasteiger partial charge in [-0.1, -0.05) is 18.6 Å². The third-order valence-corrected chi connectivity index (χ3v) is 6.23. The van der Waals surface area contributed by atoms with Crippen LogP contribution in [0.4, 0.5) is 5.69 Å². The number of anilines is 1. The Morgan fingerprint density at radius 3 is 2.65 bits per heavy atom. The van der Waals surface area contributed by atoms with Crippen molar-refractivity contribution in [3.63, 3.8) is 0 Å². The molecule has 0 aromatic heterocycles. The highest BCUT2D eigenvalue weighted by atomic mass is 32.2. The molecule has 0 spiro atoms. The zero-order valence-electron chi connectivity index (χ0n) is 11.4. The first-order valence-corrected chi connectivity index (χ1v) is 8.64. The summed E-state index contributed by atoms with van der Waals surface area (Å²) < 4.78 is 27.5. The van der Waals surface area contributed by atoms with Gasteiger partial charge in [0.05, 0.1) is 5.69 Å². The van der Waals surface area contributed by atoms with E-state index in [9.17, 15) is 8.42 Å². The standard InChI is InChI=1S/C14H21N3O2S/c15-17-13-3-1-2-4-14(13)20(18,19)16-9-12-8-10-5-6-11(12)7-10/h1-4,10-12,16-17H,5-9,15H2. The molecule has 110 valence electrons. The van der Waals surface area contributed by atoms with Crippen LogP contribution in [-0.2, 0) is 10.0 Å². The number of benzene rings is 1. The van der Waals surface area contributed by atoms with Crippen LogP contribution in [0.2, 0.25) is 0 Å². The van der Waals surface area contributed by atoms with Crippen molar-refractivity contribution in [1.29, 1.82) is 0 Å². The van der Waals surface area contributed by atoms with E-state index in [1.807, 2.05) is 0 Å². The summed E-state index contributed by atoms with van der Waals surface area (Å²) in [6.45, 7) is 0.544. The molecule has 3 unspecified atom stereocenters. The van der Waals surface area contributed by atoms with Crippen molar-refractivity contribution in [3.8, 4) is 0 Å². The molecule has 0 saturated heterocycles. The number of hydrazine groups is 1. The second kappa shape index (κ2) is 5.35. The lowest BCUT2D eigenvalue weighted by Gasteiger charge is -2.22.